The van der Waals surface area contributed by atoms with Crippen molar-refractivity contribution in [1.82, 2.24) is 5.32 Å². The first kappa shape index (κ1) is 122. The fraction of sp³-hybridized carbons (Fsp3) is 0.800. The van der Waals surface area contributed by atoms with Gasteiger partial charge in [-0.15, -0.1) is 0 Å². The minimum atomic E-state index is -5.92. The summed E-state index contributed by atoms with van der Waals surface area (Å²) in [6.07, 6.45) is 13.4. The van der Waals surface area contributed by atoms with Crippen LogP contribution in [-0.4, -0.2) is 231 Å². The molecule has 2 aromatic carbocycles. The standard InChI is InChI=1S/C29H50N2O7S.C27H48N2O7S.C19H27F12NO8S.3Na/c1-3-5-7-8-9-10-11-12-13-15-28-36-23-27(38-28)24-37-29(32)30-25-16-18-26(19-17-25)31(20-6-4-2)21-14-22-39(33,34)35;1-5-8-11-20-35-27(4,36-21-12-9-6-2)23-34-26(30)28-24-14-16-25(17-15-24)29(18-10-7-3)19-13-22-37(31,32)33;1-13(10-38-12(34)32-8-11(33)9-41(35,36)37,39-6-4-16(24,25)18(28,29)14(2,20)21)40-7-5-17(26,27)19(30,31)15(3,22)23;;;/h16-19,27-28H,3-15,20-24H2,1-2H3,(H,30,32)(H,33,34,35);14-17H,5-13,18-23H2,1-4H3,(H,28,30)(H,31,32,33);11,33H,4-10H2,1-3H3,(H,32,34)(H,35,36,37);;;/q;;;3*+1/p-3. The number of nitrogens with zero attached hydrogens (tertiary/aromatic N) is 2. The number of nitrogens with one attached hydrogen (secondary N) is 3. The second-order valence-corrected chi connectivity index (χ2v) is 33.3. The fourth-order valence-electron chi connectivity index (χ4n) is 10.9. The smallest absolute Gasteiger partial charge is 0.748 e. The van der Waals surface area contributed by atoms with Gasteiger partial charge < -0.3 is 76.5 Å². The second kappa shape index (κ2) is 61.1. The number of alkyl carbamates (subject to hydrolysis) is 1. The van der Waals surface area contributed by atoms with Crippen LogP contribution in [0.15, 0.2) is 48.5 Å². The van der Waals surface area contributed by atoms with E-state index in [9.17, 15) is 111 Å². The molecule has 0 radical (unpaired) electrons. The summed E-state index contributed by atoms with van der Waals surface area (Å²) >= 11 is 0. The van der Waals surface area contributed by atoms with Crippen LogP contribution in [0.3, 0.4) is 0 Å². The van der Waals surface area contributed by atoms with Crippen molar-refractivity contribution in [2.75, 3.05) is 123 Å². The molecule has 45 heteroatoms. The quantitative estimate of drug-likeness (QED) is 0.0125. The number of amides is 3. The zero-order valence-corrected chi connectivity index (χ0v) is 79.8. The SMILES string of the molecule is CC(COC(=O)NCC(O)CS(=O)(=O)[O-])(OCCC(F)(F)C(F)(F)C(C)(F)F)OCCC(F)(F)C(F)(F)C(C)(F)F.CCCCCCCCCCCC1OCC(COC(=O)Nc2ccc(N(CCCC)CCCS(=O)(=O)[O-])cc2)O1.CCCCCOC(C)(COC(=O)Nc1ccc(N(CCCC)CCCS(=O)(=O)[O-])cc1)OCCCCC.[Na+].[Na+].[Na+]. The molecule has 2 aromatic rings. The van der Waals surface area contributed by atoms with Crippen LogP contribution in [0.4, 0.5) is 89.8 Å². The number of ether oxygens (including phenoxy) is 9. The third-order valence-electron chi connectivity index (χ3n) is 17.7. The van der Waals surface area contributed by atoms with Crippen molar-refractivity contribution >= 4 is 71.4 Å². The molecule has 1 fully saturated rings. The molecule has 0 saturated carbocycles. The number of hydrogen-bond donors (Lipinski definition) is 4. The molecule has 3 unspecified atom stereocenters. The Kier molecular flexibility index (Phi) is 61.9. The van der Waals surface area contributed by atoms with E-state index in [-0.39, 0.29) is 139 Å². The maximum atomic E-state index is 13.7. The number of alkyl halides is 12. The molecule has 0 aliphatic carbocycles. The normalized spacial score (nSPS) is 14.6. The van der Waals surface area contributed by atoms with Crippen LogP contribution in [0.1, 0.15) is 216 Å². The van der Waals surface area contributed by atoms with Gasteiger partial charge in [-0.05, 0) is 114 Å². The number of carbonyl (C=O) groups is 3. The topological polar surface area (TPSA) is 369 Å². The van der Waals surface area contributed by atoms with Gasteiger partial charge in [0, 0.05) is 93.7 Å². The largest absolute Gasteiger partial charge is 1.00 e. The van der Waals surface area contributed by atoms with Gasteiger partial charge in [-0.3, -0.25) is 10.6 Å². The van der Waals surface area contributed by atoms with Crippen molar-refractivity contribution < 1.29 is 242 Å². The Morgan fingerprint density at radius 3 is 1.18 bits per heavy atom. The summed E-state index contributed by atoms with van der Waals surface area (Å²) < 4.78 is 306. The summed E-state index contributed by atoms with van der Waals surface area (Å²) in [6, 6.07) is 14.5. The summed E-state index contributed by atoms with van der Waals surface area (Å²) in [5.74, 6) is -39.1. The third-order valence-corrected chi connectivity index (χ3v) is 20.1. The Morgan fingerprint density at radius 1 is 0.475 bits per heavy atom. The van der Waals surface area contributed by atoms with Gasteiger partial charge >= 0.3 is 142 Å². The van der Waals surface area contributed by atoms with E-state index in [0.29, 0.717) is 51.2 Å². The van der Waals surface area contributed by atoms with Crippen LogP contribution in [0.5, 0.6) is 0 Å². The molecule has 1 aliphatic heterocycles. The van der Waals surface area contributed by atoms with Gasteiger partial charge in [-0.2, -0.15) is 52.7 Å². The predicted octanol–water partition coefficient (Wildman–Crippen LogP) is 7.36. The fourth-order valence-corrected chi connectivity index (χ4v) is 12.4. The number of benzene rings is 2. The number of halogens is 12. The number of hydrogen-bond acceptors (Lipinski definition) is 24. The Labute approximate surface area is 766 Å². The molecule has 3 amide bonds. The minimum Gasteiger partial charge on any atom is -0.748 e. The molecule has 1 aliphatic rings. The van der Waals surface area contributed by atoms with E-state index in [0.717, 1.165) is 102 Å². The van der Waals surface area contributed by atoms with Gasteiger partial charge in [0.25, 0.3) is 0 Å². The monoisotopic (exact) mass is 1840 g/mol. The number of unbranched alkanes of at least 4 members (excludes halogenated alkanes) is 14. The Morgan fingerprint density at radius 2 is 0.817 bits per heavy atom. The van der Waals surface area contributed by atoms with Crippen molar-refractivity contribution in [2.45, 2.75) is 282 Å². The molecular weight excluding hydrogens is 1720 g/mol. The molecule has 120 heavy (non-hydrogen) atoms. The molecule has 0 spiro atoms. The molecule has 1 saturated heterocycles. The van der Waals surface area contributed by atoms with Gasteiger partial charge in [0.05, 0.1) is 75.2 Å². The second-order valence-electron chi connectivity index (χ2n) is 28.8. The zero-order valence-electron chi connectivity index (χ0n) is 71.3. The van der Waals surface area contributed by atoms with E-state index in [1.807, 2.05) is 29.2 Å². The number of rotatable bonds is 60. The van der Waals surface area contributed by atoms with Crippen LogP contribution in [0, 0.1) is 0 Å². The van der Waals surface area contributed by atoms with Gasteiger partial charge in [0.1, 0.15) is 25.9 Å². The molecule has 1 heterocycles. The van der Waals surface area contributed by atoms with Gasteiger partial charge in [-0.1, -0.05) is 125 Å². The molecule has 4 N–H and O–H groups in total. The van der Waals surface area contributed by atoms with Crippen molar-refractivity contribution in [3.05, 3.63) is 48.5 Å². The summed E-state index contributed by atoms with van der Waals surface area (Å²) in [7, 11) is -13.4. The van der Waals surface area contributed by atoms with Gasteiger partial charge in [-0.25, -0.2) is 39.6 Å². The van der Waals surface area contributed by atoms with Crippen molar-refractivity contribution in [1.29, 1.82) is 0 Å². The van der Waals surface area contributed by atoms with Crippen LogP contribution in [-0.2, 0) is 73.0 Å². The van der Waals surface area contributed by atoms with E-state index in [1.165, 1.54) is 51.4 Å². The number of aliphatic hydroxyl groups is 1. The molecule has 0 aromatic heterocycles. The minimum absolute atomic E-state index is 0. The maximum absolute atomic E-state index is 13.7. The third kappa shape index (κ3) is 53.3. The average Bonchev–Trinajstić information content (AvgIpc) is 0.827. The first-order valence-electron chi connectivity index (χ1n) is 39.4. The first-order chi connectivity index (χ1) is 54.3. The van der Waals surface area contributed by atoms with Crippen LogP contribution in [0.2, 0.25) is 0 Å². The molecular formula is C75H122F12N5Na3O22S3. The maximum Gasteiger partial charge on any atom is 1.00 e. The number of carbonyl (C=O) groups excluding carboxylic acids is 3. The van der Waals surface area contributed by atoms with E-state index < -0.39 is 161 Å². The molecule has 684 valence electrons. The summed E-state index contributed by atoms with van der Waals surface area (Å²) in [5.41, 5.74) is 2.96. The van der Waals surface area contributed by atoms with Crippen LogP contribution < -0.4 is 114 Å². The van der Waals surface area contributed by atoms with E-state index in [4.69, 9.17) is 28.4 Å². The summed E-state index contributed by atoms with van der Waals surface area (Å²) in [5, 5.41) is 16.5. The Hall–Kier alpha value is -2.54. The van der Waals surface area contributed by atoms with Crippen molar-refractivity contribution in [2.24, 2.45) is 0 Å². The number of aliphatic hydroxyl groups excluding tert-OH is 1. The molecule has 27 nitrogen and oxygen atoms in total. The first-order valence-corrected chi connectivity index (χ1v) is 44.1. The van der Waals surface area contributed by atoms with E-state index >= 15 is 0 Å². The van der Waals surface area contributed by atoms with Crippen LogP contribution >= 0.6 is 0 Å². The van der Waals surface area contributed by atoms with Gasteiger partial charge in [0.2, 0.25) is 0 Å². The number of anilines is 4. The van der Waals surface area contributed by atoms with Crippen LogP contribution in [0.25, 0.3) is 0 Å². The van der Waals surface area contributed by atoms with Crippen molar-refractivity contribution in [3.63, 3.8) is 0 Å². The van der Waals surface area contributed by atoms with Crippen molar-refractivity contribution in [3.8, 4) is 0 Å². The average molecular weight is 1840 g/mol. The predicted molar refractivity (Wildman–Crippen MR) is 412 cm³/mol. The Balaban J connectivity index is -0.00000169. The van der Waals surface area contributed by atoms with Gasteiger partial charge in [0.15, 0.2) is 17.9 Å². The Bertz CT molecular complexity index is 3400. The molecule has 3 atom stereocenters. The zero-order chi connectivity index (χ0) is 88.9. The van der Waals surface area contributed by atoms with E-state index in [2.05, 4.69) is 64.4 Å². The summed E-state index contributed by atoms with van der Waals surface area (Å²) in [6.45, 7) is 10.5. The van der Waals surface area contributed by atoms with E-state index in [1.54, 1.807) is 36.5 Å². The summed E-state index contributed by atoms with van der Waals surface area (Å²) in [4.78, 5) is 40.6. The molecule has 0 bridgehead atoms. The molecule has 3 rings (SSSR count).